The van der Waals surface area contributed by atoms with Crippen LogP contribution in [-0.4, -0.2) is 24.0 Å². The van der Waals surface area contributed by atoms with Crippen LogP contribution in [0.1, 0.15) is 44.7 Å². The second-order valence-corrected chi connectivity index (χ2v) is 4.21. The number of Topliss-reactive ketones (excluding diaryl/α,β-unsaturated/α-hetero) is 1. The van der Waals surface area contributed by atoms with Crippen molar-refractivity contribution in [1.29, 1.82) is 0 Å². The molecule has 0 atom stereocenters. The van der Waals surface area contributed by atoms with Gasteiger partial charge in [0.05, 0.1) is 7.11 Å². The number of carbonyl (C=O) groups is 2. The van der Waals surface area contributed by atoms with Crippen molar-refractivity contribution >= 4 is 11.8 Å². The molecule has 0 spiro atoms. The first-order chi connectivity index (χ1) is 8.06. The van der Waals surface area contributed by atoms with Crippen molar-refractivity contribution in [3.05, 3.63) is 28.3 Å². The van der Waals surface area contributed by atoms with Gasteiger partial charge in [0, 0.05) is 12.0 Å². The van der Waals surface area contributed by atoms with Crippen molar-refractivity contribution in [2.45, 2.75) is 26.2 Å². The topological polar surface area (TPSA) is 63.6 Å². The molecule has 1 N–H and O–H groups in total. The monoisotopic (exact) mass is 234 g/mol. The van der Waals surface area contributed by atoms with E-state index >= 15 is 0 Å². The lowest BCUT2D eigenvalue weighted by Crippen LogP contribution is -2.18. The molecule has 4 nitrogen and oxygen atoms in total. The number of carbonyl (C=O) groups excluding carboxylic acids is 1. The molecule has 0 saturated heterocycles. The van der Waals surface area contributed by atoms with E-state index in [0.29, 0.717) is 36.1 Å². The lowest BCUT2D eigenvalue weighted by Gasteiger charge is -2.21. The molecule has 90 valence electrons. The smallest absolute Gasteiger partial charge is 0.339 e. The number of hydrogen-bond donors (Lipinski definition) is 1. The van der Waals surface area contributed by atoms with Crippen molar-refractivity contribution in [3.8, 4) is 5.75 Å². The second kappa shape index (κ2) is 4.20. The molecule has 4 heteroatoms. The number of rotatable bonds is 2. The van der Waals surface area contributed by atoms with Crippen LogP contribution in [0.2, 0.25) is 0 Å². The van der Waals surface area contributed by atoms with Gasteiger partial charge < -0.3 is 9.84 Å². The van der Waals surface area contributed by atoms with Crippen molar-refractivity contribution < 1.29 is 19.4 Å². The van der Waals surface area contributed by atoms with E-state index in [4.69, 9.17) is 4.74 Å². The molecule has 1 aliphatic rings. The zero-order valence-corrected chi connectivity index (χ0v) is 9.87. The number of methoxy groups -OCH3 is 1. The third kappa shape index (κ3) is 1.79. The van der Waals surface area contributed by atoms with E-state index in [9.17, 15) is 14.7 Å². The Labute approximate surface area is 99.2 Å². The normalized spacial score (nSPS) is 14.4. The molecule has 0 aromatic heterocycles. The summed E-state index contributed by atoms with van der Waals surface area (Å²) in [5, 5.41) is 9.24. The molecule has 1 aliphatic carbocycles. The molecule has 1 aromatic rings. The summed E-state index contributed by atoms with van der Waals surface area (Å²) in [5.41, 5.74) is 2.15. The predicted octanol–water partition coefficient (Wildman–Crippen LogP) is 2.22. The molecule has 17 heavy (non-hydrogen) atoms. The Bertz CT molecular complexity index is 503. The number of carboxylic acids is 1. The quantitative estimate of drug-likeness (QED) is 0.852. The minimum Gasteiger partial charge on any atom is -0.496 e. The molecule has 1 aromatic carbocycles. The molecular weight excluding hydrogens is 220 g/mol. The highest BCUT2D eigenvalue weighted by Gasteiger charge is 2.27. The number of carboxylic acid groups (broad SMARTS) is 1. The Morgan fingerprint density at radius 3 is 2.71 bits per heavy atom. The molecule has 0 amide bonds. The fraction of sp³-hybridized carbons (Fsp3) is 0.385. The summed E-state index contributed by atoms with van der Waals surface area (Å²) in [5.74, 6) is -0.662. The number of aromatic carboxylic acids is 1. The Morgan fingerprint density at radius 1 is 1.41 bits per heavy atom. The highest BCUT2D eigenvalue weighted by atomic mass is 16.5. The zero-order chi connectivity index (χ0) is 12.6. The molecule has 2 rings (SSSR count). The SMILES string of the molecule is COc1cc(C)c2c(c1C(=O)O)CCCC2=O. The minimum atomic E-state index is -1.03. The maximum atomic E-state index is 11.8. The molecule has 0 fully saturated rings. The zero-order valence-electron chi connectivity index (χ0n) is 9.87. The van der Waals surface area contributed by atoms with E-state index in [1.54, 1.807) is 6.07 Å². The Morgan fingerprint density at radius 2 is 2.12 bits per heavy atom. The number of benzene rings is 1. The molecule has 0 unspecified atom stereocenters. The van der Waals surface area contributed by atoms with Crippen molar-refractivity contribution in [1.82, 2.24) is 0 Å². The summed E-state index contributed by atoms with van der Waals surface area (Å²) in [4.78, 5) is 23.1. The summed E-state index contributed by atoms with van der Waals surface area (Å²) in [7, 11) is 1.44. The van der Waals surface area contributed by atoms with Crippen LogP contribution in [0.3, 0.4) is 0 Å². The first-order valence-corrected chi connectivity index (χ1v) is 5.53. The lowest BCUT2D eigenvalue weighted by atomic mass is 9.84. The molecule has 0 aliphatic heterocycles. The molecule has 0 bridgehead atoms. The third-order valence-electron chi connectivity index (χ3n) is 3.14. The van der Waals surface area contributed by atoms with Gasteiger partial charge in [0.25, 0.3) is 0 Å². The molecule has 0 radical (unpaired) electrons. The number of hydrogen-bond acceptors (Lipinski definition) is 3. The summed E-state index contributed by atoms with van der Waals surface area (Å²) >= 11 is 0. The molecule has 0 saturated carbocycles. The lowest BCUT2D eigenvalue weighted by molar-refractivity contribution is 0.0692. The van der Waals surface area contributed by atoms with Crippen LogP contribution in [0.4, 0.5) is 0 Å². The first kappa shape index (κ1) is 11.6. The highest BCUT2D eigenvalue weighted by molar-refractivity contribution is 6.04. The average molecular weight is 234 g/mol. The van der Waals surface area contributed by atoms with E-state index in [2.05, 4.69) is 0 Å². The van der Waals surface area contributed by atoms with E-state index < -0.39 is 5.97 Å². The third-order valence-corrected chi connectivity index (χ3v) is 3.14. The van der Waals surface area contributed by atoms with Gasteiger partial charge in [-0.05, 0) is 37.0 Å². The maximum absolute atomic E-state index is 11.8. The fourth-order valence-corrected chi connectivity index (χ4v) is 2.44. The van der Waals surface area contributed by atoms with Gasteiger partial charge in [0.15, 0.2) is 5.78 Å². The Hall–Kier alpha value is -1.84. The van der Waals surface area contributed by atoms with Crippen LogP contribution < -0.4 is 4.74 Å². The highest BCUT2D eigenvalue weighted by Crippen LogP contribution is 2.33. The van der Waals surface area contributed by atoms with Gasteiger partial charge in [-0.3, -0.25) is 4.79 Å². The average Bonchev–Trinajstić information content (AvgIpc) is 2.27. The number of ether oxygens (including phenoxy) is 1. The molecular formula is C13H14O4. The van der Waals surface area contributed by atoms with Crippen molar-refractivity contribution in [3.63, 3.8) is 0 Å². The van der Waals surface area contributed by atoms with Gasteiger partial charge in [-0.25, -0.2) is 4.79 Å². The summed E-state index contributed by atoms with van der Waals surface area (Å²) in [6, 6.07) is 1.63. The van der Waals surface area contributed by atoms with Crippen molar-refractivity contribution in [2.24, 2.45) is 0 Å². The predicted molar refractivity (Wildman–Crippen MR) is 62.0 cm³/mol. The van der Waals surface area contributed by atoms with Gasteiger partial charge in [-0.1, -0.05) is 0 Å². The van der Waals surface area contributed by atoms with Crippen LogP contribution in [-0.2, 0) is 6.42 Å². The summed E-state index contributed by atoms with van der Waals surface area (Å²) < 4.78 is 5.10. The Balaban J connectivity index is 2.77. The van der Waals surface area contributed by atoms with Crippen LogP contribution in [0.15, 0.2) is 6.07 Å². The summed E-state index contributed by atoms with van der Waals surface area (Å²) in [6.07, 6.45) is 1.83. The maximum Gasteiger partial charge on any atom is 0.339 e. The van der Waals surface area contributed by atoms with Gasteiger partial charge in [-0.2, -0.15) is 0 Å². The second-order valence-electron chi connectivity index (χ2n) is 4.21. The van der Waals surface area contributed by atoms with E-state index in [-0.39, 0.29) is 11.3 Å². The van der Waals surface area contributed by atoms with E-state index in [1.165, 1.54) is 7.11 Å². The van der Waals surface area contributed by atoms with Gasteiger partial charge >= 0.3 is 5.97 Å². The van der Waals surface area contributed by atoms with Gasteiger partial charge in [0.2, 0.25) is 0 Å². The van der Waals surface area contributed by atoms with Crippen LogP contribution in [0.25, 0.3) is 0 Å². The first-order valence-electron chi connectivity index (χ1n) is 5.53. The number of fused-ring (bicyclic) bond motifs is 1. The Kier molecular flexibility index (Phi) is 2.88. The fourth-order valence-electron chi connectivity index (χ4n) is 2.44. The molecule has 0 heterocycles. The number of aryl methyl sites for hydroxylation is 1. The van der Waals surface area contributed by atoms with Crippen LogP contribution in [0, 0.1) is 6.92 Å². The van der Waals surface area contributed by atoms with Crippen molar-refractivity contribution in [2.75, 3.05) is 7.11 Å². The van der Waals surface area contributed by atoms with Gasteiger partial charge in [-0.15, -0.1) is 0 Å². The number of ketones is 1. The van der Waals surface area contributed by atoms with Crippen LogP contribution >= 0.6 is 0 Å². The van der Waals surface area contributed by atoms with Crippen LogP contribution in [0.5, 0.6) is 5.75 Å². The van der Waals surface area contributed by atoms with Gasteiger partial charge in [0.1, 0.15) is 11.3 Å². The summed E-state index contributed by atoms with van der Waals surface area (Å²) in [6.45, 7) is 1.82. The minimum absolute atomic E-state index is 0.0360. The largest absolute Gasteiger partial charge is 0.496 e. The van der Waals surface area contributed by atoms with E-state index in [0.717, 1.165) is 5.56 Å². The standard InChI is InChI=1S/C13H14O4/c1-7-6-10(17-2)12(13(15)16)8-4-3-5-9(14)11(7)8/h6H,3-5H2,1-2H3,(H,15,16). The van der Waals surface area contributed by atoms with E-state index in [1.807, 2.05) is 6.92 Å².